The Hall–Kier alpha value is -1.55. The van der Waals surface area contributed by atoms with Crippen LogP contribution in [0, 0.1) is 0 Å². The van der Waals surface area contributed by atoms with E-state index >= 15 is 0 Å². The van der Waals surface area contributed by atoms with Crippen LogP contribution in [0.3, 0.4) is 0 Å². The molecule has 1 aromatic carbocycles. The summed E-state index contributed by atoms with van der Waals surface area (Å²) in [7, 11) is 0. The molecule has 0 unspecified atom stereocenters. The lowest BCUT2D eigenvalue weighted by Gasteiger charge is -2.31. The number of hydrogen-bond acceptors (Lipinski definition) is 3. The predicted molar refractivity (Wildman–Crippen MR) is 86.7 cm³/mol. The normalized spacial score (nSPS) is 18.0. The van der Waals surface area contributed by atoms with Gasteiger partial charge in [-0.05, 0) is 56.7 Å². The number of carbonyl (C=O) groups excluding carboxylic acids is 1. The largest absolute Gasteiger partial charge is 0.444 e. The number of nitrogens with one attached hydrogen (secondary N) is 1. The maximum Gasteiger partial charge on any atom is 0.410 e. The molecule has 4 nitrogen and oxygen atoms in total. The lowest BCUT2D eigenvalue weighted by molar-refractivity contribution is 0.0224. The van der Waals surface area contributed by atoms with E-state index in [9.17, 15) is 4.79 Å². The second kappa shape index (κ2) is 5.92. The molecular formula is C18H26N2O2. The second-order valence-corrected chi connectivity index (χ2v) is 7.41. The Bertz CT molecular complexity index is 559. The van der Waals surface area contributed by atoms with Gasteiger partial charge in [0, 0.05) is 25.7 Å². The molecular weight excluding hydrogens is 276 g/mol. The van der Waals surface area contributed by atoms with Crippen molar-refractivity contribution in [3.8, 4) is 0 Å². The first kappa shape index (κ1) is 15.3. The van der Waals surface area contributed by atoms with E-state index in [0.29, 0.717) is 6.54 Å². The van der Waals surface area contributed by atoms with Gasteiger partial charge in [-0.25, -0.2) is 4.79 Å². The molecule has 0 saturated heterocycles. The van der Waals surface area contributed by atoms with Gasteiger partial charge in [0.15, 0.2) is 0 Å². The number of fused-ring (bicyclic) bond motifs is 1. The van der Waals surface area contributed by atoms with Gasteiger partial charge in [0.2, 0.25) is 0 Å². The molecule has 0 radical (unpaired) electrons. The average molecular weight is 302 g/mol. The summed E-state index contributed by atoms with van der Waals surface area (Å²) in [5, 5.41) is 3.55. The molecule has 0 atom stereocenters. The third-order valence-electron chi connectivity index (χ3n) is 4.11. The van der Waals surface area contributed by atoms with Crippen LogP contribution in [-0.4, -0.2) is 29.2 Å². The number of rotatable bonds is 3. The Kier molecular flexibility index (Phi) is 4.13. The monoisotopic (exact) mass is 302 g/mol. The fourth-order valence-corrected chi connectivity index (χ4v) is 2.75. The number of ether oxygens (including phenoxy) is 1. The van der Waals surface area contributed by atoms with E-state index < -0.39 is 5.60 Å². The maximum absolute atomic E-state index is 12.2. The standard InChI is InChI=1S/C18H26N2O2/c1-18(2,3)22-17(21)20-9-8-14-10-13(4-5-15(14)12-20)11-19-16-6-7-16/h4-5,10,16,19H,6-9,11-12H2,1-3H3. The van der Waals surface area contributed by atoms with Gasteiger partial charge >= 0.3 is 6.09 Å². The van der Waals surface area contributed by atoms with Crippen molar-refractivity contribution in [2.45, 2.75) is 64.8 Å². The van der Waals surface area contributed by atoms with Crippen molar-refractivity contribution in [1.29, 1.82) is 0 Å². The quantitative estimate of drug-likeness (QED) is 0.932. The van der Waals surface area contributed by atoms with Crippen LogP contribution < -0.4 is 5.32 Å². The number of amides is 1. The number of hydrogen-bond donors (Lipinski definition) is 1. The zero-order valence-electron chi connectivity index (χ0n) is 13.8. The fourth-order valence-electron chi connectivity index (χ4n) is 2.75. The Morgan fingerprint density at radius 2 is 2.09 bits per heavy atom. The van der Waals surface area contributed by atoms with Crippen molar-refractivity contribution in [3.63, 3.8) is 0 Å². The van der Waals surface area contributed by atoms with E-state index in [1.54, 1.807) is 4.90 Å². The molecule has 2 aliphatic rings. The van der Waals surface area contributed by atoms with Crippen LogP contribution in [0.4, 0.5) is 4.79 Å². The molecule has 1 amide bonds. The summed E-state index contributed by atoms with van der Waals surface area (Å²) < 4.78 is 5.46. The van der Waals surface area contributed by atoms with E-state index in [-0.39, 0.29) is 6.09 Å². The number of carbonyl (C=O) groups is 1. The molecule has 4 heteroatoms. The Morgan fingerprint density at radius 3 is 2.77 bits per heavy atom. The minimum absolute atomic E-state index is 0.211. The summed E-state index contributed by atoms with van der Waals surface area (Å²) in [5.74, 6) is 0. The van der Waals surface area contributed by atoms with E-state index in [2.05, 4.69) is 23.5 Å². The van der Waals surface area contributed by atoms with Gasteiger partial charge in [0.1, 0.15) is 5.60 Å². The van der Waals surface area contributed by atoms with Crippen LogP contribution in [0.25, 0.3) is 0 Å². The highest BCUT2D eigenvalue weighted by Crippen LogP contribution is 2.23. The molecule has 1 aromatic rings. The van der Waals surface area contributed by atoms with Crippen molar-refractivity contribution >= 4 is 6.09 Å². The Balaban J connectivity index is 1.61. The van der Waals surface area contributed by atoms with Crippen LogP contribution in [0.1, 0.15) is 50.3 Å². The molecule has 1 aliphatic heterocycles. The number of nitrogens with zero attached hydrogens (tertiary/aromatic N) is 1. The highest BCUT2D eigenvalue weighted by atomic mass is 16.6. The van der Waals surface area contributed by atoms with Gasteiger partial charge in [-0.1, -0.05) is 18.2 Å². The molecule has 22 heavy (non-hydrogen) atoms. The van der Waals surface area contributed by atoms with Crippen LogP contribution in [-0.2, 0) is 24.2 Å². The molecule has 0 aromatic heterocycles. The third kappa shape index (κ3) is 4.01. The minimum atomic E-state index is -0.435. The van der Waals surface area contributed by atoms with Crippen LogP contribution in [0.2, 0.25) is 0 Å². The summed E-state index contributed by atoms with van der Waals surface area (Å²) in [6.07, 6.45) is 3.33. The molecule has 3 rings (SSSR count). The van der Waals surface area contributed by atoms with Crippen LogP contribution in [0.15, 0.2) is 18.2 Å². The highest BCUT2D eigenvalue weighted by Gasteiger charge is 2.26. The SMILES string of the molecule is CC(C)(C)OC(=O)N1CCc2cc(CNC3CC3)ccc2C1. The van der Waals surface area contributed by atoms with E-state index in [0.717, 1.165) is 25.6 Å². The van der Waals surface area contributed by atoms with Crippen molar-refractivity contribution in [1.82, 2.24) is 10.2 Å². The molecule has 0 spiro atoms. The minimum Gasteiger partial charge on any atom is -0.444 e. The van der Waals surface area contributed by atoms with Crippen molar-refractivity contribution in [2.24, 2.45) is 0 Å². The first-order valence-electron chi connectivity index (χ1n) is 8.23. The zero-order chi connectivity index (χ0) is 15.7. The molecule has 120 valence electrons. The van der Waals surface area contributed by atoms with Gasteiger partial charge < -0.3 is 15.0 Å². The van der Waals surface area contributed by atoms with Gasteiger partial charge in [-0.2, -0.15) is 0 Å². The van der Waals surface area contributed by atoms with E-state index in [4.69, 9.17) is 4.74 Å². The molecule has 1 saturated carbocycles. The lowest BCUT2D eigenvalue weighted by Crippen LogP contribution is -2.39. The lowest BCUT2D eigenvalue weighted by atomic mass is 9.97. The van der Waals surface area contributed by atoms with E-state index in [1.807, 2.05) is 20.8 Å². The highest BCUT2D eigenvalue weighted by molar-refractivity contribution is 5.68. The Morgan fingerprint density at radius 1 is 1.32 bits per heavy atom. The first-order valence-corrected chi connectivity index (χ1v) is 8.23. The van der Waals surface area contributed by atoms with Gasteiger partial charge in [0.25, 0.3) is 0 Å². The van der Waals surface area contributed by atoms with Crippen LogP contribution >= 0.6 is 0 Å². The smallest absolute Gasteiger partial charge is 0.410 e. The van der Waals surface area contributed by atoms with Gasteiger partial charge in [0.05, 0.1) is 0 Å². The van der Waals surface area contributed by atoms with Crippen molar-refractivity contribution in [2.75, 3.05) is 6.54 Å². The molecule has 1 heterocycles. The molecule has 1 aliphatic carbocycles. The second-order valence-electron chi connectivity index (χ2n) is 7.41. The summed E-state index contributed by atoms with van der Waals surface area (Å²) in [5.41, 5.74) is 3.52. The molecule has 0 bridgehead atoms. The molecule has 1 N–H and O–H groups in total. The molecule has 1 fully saturated rings. The van der Waals surface area contributed by atoms with Crippen LogP contribution in [0.5, 0.6) is 0 Å². The van der Waals surface area contributed by atoms with Gasteiger partial charge in [-0.3, -0.25) is 0 Å². The summed E-state index contributed by atoms with van der Waals surface area (Å²) in [6.45, 7) is 8.06. The van der Waals surface area contributed by atoms with Crippen molar-refractivity contribution in [3.05, 3.63) is 34.9 Å². The fraction of sp³-hybridized carbons (Fsp3) is 0.611. The predicted octanol–water partition coefficient (Wildman–Crippen LogP) is 3.23. The maximum atomic E-state index is 12.2. The summed E-state index contributed by atoms with van der Waals surface area (Å²) in [6, 6.07) is 7.36. The third-order valence-corrected chi connectivity index (χ3v) is 4.11. The topological polar surface area (TPSA) is 41.6 Å². The Labute approximate surface area is 132 Å². The zero-order valence-corrected chi connectivity index (χ0v) is 13.8. The van der Waals surface area contributed by atoms with Gasteiger partial charge in [-0.15, -0.1) is 0 Å². The number of benzene rings is 1. The average Bonchev–Trinajstić information content (AvgIpc) is 3.26. The first-order chi connectivity index (χ1) is 10.4. The summed E-state index contributed by atoms with van der Waals surface area (Å²) in [4.78, 5) is 14.0. The van der Waals surface area contributed by atoms with E-state index in [1.165, 1.54) is 29.5 Å². The summed E-state index contributed by atoms with van der Waals surface area (Å²) >= 11 is 0. The van der Waals surface area contributed by atoms with Crippen molar-refractivity contribution < 1.29 is 9.53 Å².